The number of benzene rings is 3. The van der Waals surface area contributed by atoms with Gasteiger partial charge in [0.15, 0.2) is 6.10 Å². The van der Waals surface area contributed by atoms with Crippen LogP contribution in [0.15, 0.2) is 83.3 Å². The molecule has 0 unspecified atom stereocenters. The zero-order chi connectivity index (χ0) is 35.1. The molecule has 1 amide bonds. The third-order valence-electron chi connectivity index (χ3n) is 7.50. The van der Waals surface area contributed by atoms with E-state index in [1.165, 1.54) is 24.3 Å². The van der Waals surface area contributed by atoms with E-state index in [2.05, 4.69) is 4.98 Å². The molecule has 1 fully saturated rings. The van der Waals surface area contributed by atoms with Gasteiger partial charge in [0.2, 0.25) is 12.2 Å². The lowest BCUT2D eigenvalue weighted by atomic mass is 9.99. The fraction of sp³-hybridized carbons (Fsp3) is 0.294. The Bertz CT molecular complexity index is 1730. The summed E-state index contributed by atoms with van der Waals surface area (Å²) in [4.78, 5) is 43.0. The maximum Gasteiger partial charge on any atom is 0.416 e. The first kappa shape index (κ1) is 34.8. The van der Waals surface area contributed by atoms with Gasteiger partial charge in [-0.25, -0.2) is 14.6 Å². The Kier molecular flexibility index (Phi) is 11.1. The number of phenols is 1. The summed E-state index contributed by atoms with van der Waals surface area (Å²) in [6.07, 6.45) is -10.4. The summed E-state index contributed by atoms with van der Waals surface area (Å²) in [6.45, 7) is 1.23. The number of phenolic OH excluding ortho intramolecular Hbond substituents is 1. The average Bonchev–Trinajstić information content (AvgIpc) is 3.46. The van der Waals surface area contributed by atoms with Gasteiger partial charge in [-0.2, -0.15) is 0 Å². The molecule has 1 saturated heterocycles. The van der Waals surface area contributed by atoms with Crippen LogP contribution in [0.1, 0.15) is 17.0 Å². The molecule has 0 aliphatic carbocycles. The Morgan fingerprint density at radius 3 is 2.22 bits per heavy atom. The lowest BCUT2D eigenvalue weighted by Gasteiger charge is -2.38. The molecule has 15 nitrogen and oxygen atoms in total. The van der Waals surface area contributed by atoms with Crippen molar-refractivity contribution in [3.63, 3.8) is 0 Å². The Morgan fingerprint density at radius 1 is 0.878 bits per heavy atom. The van der Waals surface area contributed by atoms with Crippen molar-refractivity contribution < 1.29 is 63.3 Å². The van der Waals surface area contributed by atoms with Crippen molar-refractivity contribution in [3.8, 4) is 28.7 Å². The van der Waals surface area contributed by atoms with Crippen molar-refractivity contribution >= 4 is 18.0 Å². The van der Waals surface area contributed by atoms with Crippen LogP contribution >= 0.6 is 0 Å². The lowest BCUT2D eigenvalue weighted by molar-refractivity contribution is -0.286. The van der Waals surface area contributed by atoms with Crippen molar-refractivity contribution in [2.24, 2.45) is 0 Å². The van der Waals surface area contributed by atoms with Crippen LogP contribution in [0.4, 0.5) is 4.79 Å². The van der Waals surface area contributed by atoms with Gasteiger partial charge in [-0.05, 0) is 61.0 Å². The van der Waals surface area contributed by atoms with Crippen molar-refractivity contribution in [3.05, 3.63) is 95.9 Å². The van der Waals surface area contributed by atoms with Gasteiger partial charge >= 0.3 is 18.0 Å². The molecule has 1 aliphatic rings. The standard InChI is InChI=1S/C34H34N2O13/c1-19-25(35-31(46-19)21-5-3-2-4-6-21)15-16-45-23-11-7-20(8-12-23)17-36(34(44)47-24-13-9-22(37)10-14-24)18-26(38)48-33-29(41)27(39)28(40)30(49-33)32(42)43/h2-14,27-30,33,37,39-41H,15-18H2,1H3,(H,42,43)/t27-,28-,29+,30-,33+/m0/s1. The summed E-state index contributed by atoms with van der Waals surface area (Å²) in [5.41, 5.74) is 2.19. The maximum absolute atomic E-state index is 13.2. The molecule has 0 saturated carbocycles. The number of oxazole rings is 1. The van der Waals surface area contributed by atoms with Crippen LogP contribution in [-0.4, -0.2) is 97.3 Å². The van der Waals surface area contributed by atoms with Gasteiger partial charge < -0.3 is 48.9 Å². The smallest absolute Gasteiger partial charge is 0.416 e. The predicted molar refractivity (Wildman–Crippen MR) is 167 cm³/mol. The number of rotatable bonds is 12. The summed E-state index contributed by atoms with van der Waals surface area (Å²) in [6, 6.07) is 21.5. The molecule has 0 radical (unpaired) electrons. The minimum absolute atomic E-state index is 0.0614. The van der Waals surface area contributed by atoms with Crippen molar-refractivity contribution in [1.29, 1.82) is 0 Å². The van der Waals surface area contributed by atoms with Crippen molar-refractivity contribution in [1.82, 2.24) is 9.88 Å². The van der Waals surface area contributed by atoms with Gasteiger partial charge in [-0.3, -0.25) is 9.69 Å². The van der Waals surface area contributed by atoms with Gasteiger partial charge in [-0.1, -0.05) is 30.3 Å². The van der Waals surface area contributed by atoms with E-state index in [0.717, 1.165) is 16.2 Å². The highest BCUT2D eigenvalue weighted by Gasteiger charge is 2.48. The molecule has 49 heavy (non-hydrogen) atoms. The maximum atomic E-state index is 13.2. The molecule has 15 heteroatoms. The molecule has 3 aromatic carbocycles. The number of nitrogens with zero attached hydrogens (tertiary/aromatic N) is 2. The van der Waals surface area contributed by atoms with E-state index in [9.17, 15) is 39.9 Å². The second-order valence-electron chi connectivity index (χ2n) is 11.1. The molecule has 2 heterocycles. The van der Waals surface area contributed by atoms with Gasteiger partial charge in [-0.15, -0.1) is 0 Å². The molecule has 4 aromatic rings. The van der Waals surface area contributed by atoms with Crippen LogP contribution in [0.3, 0.4) is 0 Å². The first-order chi connectivity index (χ1) is 23.5. The first-order valence-corrected chi connectivity index (χ1v) is 15.1. The van der Waals surface area contributed by atoms with Crippen LogP contribution in [0.2, 0.25) is 0 Å². The van der Waals surface area contributed by atoms with Gasteiger partial charge in [0.05, 0.1) is 12.3 Å². The number of carboxylic acids is 1. The largest absolute Gasteiger partial charge is 0.508 e. The topological polar surface area (TPSA) is 219 Å². The minimum Gasteiger partial charge on any atom is -0.508 e. The van der Waals surface area contributed by atoms with E-state index in [-0.39, 0.29) is 18.0 Å². The zero-order valence-electron chi connectivity index (χ0n) is 26.1. The number of aryl methyl sites for hydroxylation is 1. The number of esters is 1. The summed E-state index contributed by atoms with van der Waals surface area (Å²) in [5, 5.41) is 48.9. The first-order valence-electron chi connectivity index (χ1n) is 15.1. The number of carbonyl (C=O) groups excluding carboxylic acids is 2. The monoisotopic (exact) mass is 678 g/mol. The Balaban J connectivity index is 1.22. The van der Waals surface area contributed by atoms with Crippen LogP contribution in [-0.2, 0) is 32.0 Å². The third kappa shape index (κ3) is 8.91. The Labute approximate surface area is 279 Å². The normalized spacial score (nSPS) is 20.3. The average molecular weight is 679 g/mol. The molecule has 1 aliphatic heterocycles. The summed E-state index contributed by atoms with van der Waals surface area (Å²) >= 11 is 0. The number of aromatic nitrogens is 1. The predicted octanol–water partition coefficient (Wildman–Crippen LogP) is 2.41. The number of ether oxygens (including phenoxy) is 4. The van der Waals surface area contributed by atoms with Crippen LogP contribution in [0, 0.1) is 6.92 Å². The van der Waals surface area contributed by atoms with E-state index in [1.807, 2.05) is 37.3 Å². The van der Waals surface area contributed by atoms with Crippen molar-refractivity contribution in [2.75, 3.05) is 13.2 Å². The Hall–Kier alpha value is -5.48. The van der Waals surface area contributed by atoms with E-state index >= 15 is 0 Å². The minimum atomic E-state index is -1.99. The van der Waals surface area contributed by atoms with E-state index < -0.39 is 55.3 Å². The molecule has 1 aromatic heterocycles. The number of carbonyl (C=O) groups is 3. The molecule has 5 N–H and O–H groups in total. The van der Waals surface area contributed by atoms with Crippen molar-refractivity contribution in [2.45, 2.75) is 50.6 Å². The number of amides is 1. The van der Waals surface area contributed by atoms with Crippen LogP contribution in [0.5, 0.6) is 17.2 Å². The number of aliphatic carboxylic acids is 1. The summed E-state index contributed by atoms with van der Waals surface area (Å²) in [5.74, 6) is -1.05. The van der Waals surface area contributed by atoms with Gasteiger partial charge in [0.25, 0.3) is 0 Å². The molecule has 0 bridgehead atoms. The second kappa shape index (κ2) is 15.6. The van der Waals surface area contributed by atoms with E-state index in [0.29, 0.717) is 36.0 Å². The fourth-order valence-corrected chi connectivity index (χ4v) is 4.88. The highest BCUT2D eigenvalue weighted by molar-refractivity contribution is 5.79. The molecule has 5 rings (SSSR count). The fourth-order valence-electron chi connectivity index (χ4n) is 4.88. The van der Waals surface area contributed by atoms with Crippen LogP contribution < -0.4 is 9.47 Å². The number of hydrogen-bond acceptors (Lipinski definition) is 13. The van der Waals surface area contributed by atoms with E-state index in [1.54, 1.807) is 24.3 Å². The number of aliphatic hydroxyl groups is 3. The number of hydrogen-bond donors (Lipinski definition) is 5. The quantitative estimate of drug-likeness (QED) is 0.136. The zero-order valence-corrected chi connectivity index (χ0v) is 26.1. The van der Waals surface area contributed by atoms with Gasteiger partial charge in [0.1, 0.15) is 47.9 Å². The van der Waals surface area contributed by atoms with Gasteiger partial charge in [0, 0.05) is 18.5 Å². The van der Waals surface area contributed by atoms with E-state index in [4.69, 9.17) is 23.4 Å². The molecule has 0 spiro atoms. The molecule has 258 valence electrons. The highest BCUT2D eigenvalue weighted by Crippen LogP contribution is 2.25. The van der Waals surface area contributed by atoms with Crippen LogP contribution in [0.25, 0.3) is 11.5 Å². The second-order valence-corrected chi connectivity index (χ2v) is 11.1. The molecule has 5 atom stereocenters. The number of aliphatic hydroxyl groups excluding tert-OH is 3. The molecular weight excluding hydrogens is 644 g/mol. The summed E-state index contributed by atoms with van der Waals surface area (Å²) in [7, 11) is 0. The number of carboxylic acid groups (broad SMARTS) is 1. The SMILES string of the molecule is Cc1oc(-c2ccccc2)nc1CCOc1ccc(CN(CC(=O)O[C@@H]2O[C@H](C(=O)O)[C@@H](O)[C@H](O)[C@H]2O)C(=O)Oc2ccc(O)cc2)cc1. The highest BCUT2D eigenvalue weighted by atomic mass is 16.7. The Morgan fingerprint density at radius 2 is 1.55 bits per heavy atom. The number of aromatic hydroxyl groups is 1. The molecular formula is C34H34N2O13. The summed E-state index contributed by atoms with van der Waals surface area (Å²) < 4.78 is 27.1. The third-order valence-corrected chi connectivity index (χ3v) is 7.50. The lowest BCUT2D eigenvalue weighted by Crippen LogP contribution is -2.60.